The van der Waals surface area contributed by atoms with Crippen LogP contribution in [0.15, 0.2) is 36.5 Å². The number of piperidine rings is 4. The first-order chi connectivity index (χ1) is 16.4. The van der Waals surface area contributed by atoms with E-state index in [9.17, 15) is 4.79 Å². The standard InChI is InChI=1S/C26H34FN5O2/c1-25(18-31-13-8-21(25)9-14-31)30-23(33)26(27)10-15-32(16-11-26)24-28-12-7-22(29-24)20-5-3-19(4-6-20)17-34-2/h3-7,12,21H,8-11,13-18H2,1-2H3,(H,30,33)/t25-/m1/s1. The third kappa shape index (κ3) is 4.53. The Hall–Kier alpha value is -2.58. The summed E-state index contributed by atoms with van der Waals surface area (Å²) in [5.41, 5.74) is 0.728. The monoisotopic (exact) mass is 467 g/mol. The van der Waals surface area contributed by atoms with Gasteiger partial charge in [-0.05, 0) is 50.4 Å². The molecule has 2 bridgehead atoms. The quantitative estimate of drug-likeness (QED) is 0.704. The summed E-state index contributed by atoms with van der Waals surface area (Å²) in [6.45, 7) is 6.46. The van der Waals surface area contributed by atoms with Gasteiger partial charge in [-0.1, -0.05) is 24.3 Å². The zero-order chi connectivity index (χ0) is 23.8. The van der Waals surface area contributed by atoms with Crippen LogP contribution >= 0.6 is 0 Å². The summed E-state index contributed by atoms with van der Waals surface area (Å²) < 4.78 is 20.9. The van der Waals surface area contributed by atoms with Crippen molar-refractivity contribution >= 4 is 11.9 Å². The van der Waals surface area contributed by atoms with Crippen LogP contribution < -0.4 is 10.2 Å². The molecule has 4 fully saturated rings. The molecule has 34 heavy (non-hydrogen) atoms. The topological polar surface area (TPSA) is 70.6 Å². The third-order valence-electron chi connectivity index (χ3n) is 7.89. The first-order valence-electron chi connectivity index (χ1n) is 12.3. The molecule has 0 spiro atoms. The van der Waals surface area contributed by atoms with Gasteiger partial charge >= 0.3 is 0 Å². The minimum absolute atomic E-state index is 0.141. The molecule has 7 nitrogen and oxygen atoms in total. The first kappa shape index (κ1) is 23.2. The molecule has 6 rings (SSSR count). The number of aromatic nitrogens is 2. The van der Waals surface area contributed by atoms with Crippen LogP contribution in [0.25, 0.3) is 11.3 Å². The normalized spacial score (nSPS) is 28.0. The Bertz CT molecular complexity index is 1020. The van der Waals surface area contributed by atoms with E-state index in [0.29, 0.717) is 31.6 Å². The molecular weight excluding hydrogens is 433 g/mol. The summed E-state index contributed by atoms with van der Waals surface area (Å²) in [5.74, 6) is 0.560. The summed E-state index contributed by atoms with van der Waals surface area (Å²) in [7, 11) is 1.68. The highest BCUT2D eigenvalue weighted by molar-refractivity contribution is 5.86. The van der Waals surface area contributed by atoms with Crippen LogP contribution in [0.5, 0.6) is 0 Å². The van der Waals surface area contributed by atoms with Gasteiger partial charge in [-0.15, -0.1) is 0 Å². The zero-order valence-electron chi connectivity index (χ0n) is 20.1. The van der Waals surface area contributed by atoms with Crippen LogP contribution in [0.3, 0.4) is 0 Å². The highest BCUT2D eigenvalue weighted by atomic mass is 19.1. The minimum Gasteiger partial charge on any atom is -0.380 e. The smallest absolute Gasteiger partial charge is 0.258 e. The molecule has 4 aliphatic heterocycles. The second kappa shape index (κ2) is 9.23. The molecule has 2 aromatic rings. The van der Waals surface area contributed by atoms with Crippen molar-refractivity contribution in [2.45, 2.75) is 50.4 Å². The molecule has 1 aromatic carbocycles. The summed E-state index contributed by atoms with van der Waals surface area (Å²) in [4.78, 5) is 26.6. The lowest BCUT2D eigenvalue weighted by atomic mass is 9.73. The number of amides is 1. The van der Waals surface area contributed by atoms with Gasteiger partial charge < -0.3 is 19.9 Å². The number of anilines is 1. The fourth-order valence-corrected chi connectivity index (χ4v) is 5.72. The first-order valence-corrected chi connectivity index (χ1v) is 12.3. The lowest BCUT2D eigenvalue weighted by Crippen LogP contribution is -2.68. The van der Waals surface area contributed by atoms with Crippen molar-refractivity contribution in [1.29, 1.82) is 0 Å². The largest absolute Gasteiger partial charge is 0.380 e. The van der Waals surface area contributed by atoms with Crippen molar-refractivity contribution < 1.29 is 13.9 Å². The number of ether oxygens (including phenoxy) is 1. The van der Waals surface area contributed by atoms with E-state index in [1.165, 1.54) is 0 Å². The molecule has 0 saturated carbocycles. The van der Waals surface area contributed by atoms with E-state index in [4.69, 9.17) is 9.72 Å². The Kier molecular flexibility index (Phi) is 6.29. The lowest BCUT2D eigenvalue weighted by Gasteiger charge is -2.52. The van der Waals surface area contributed by atoms with Crippen LogP contribution in [-0.4, -0.2) is 71.8 Å². The molecule has 8 heteroatoms. The number of benzene rings is 1. The predicted octanol–water partition coefficient (Wildman–Crippen LogP) is 3.20. The van der Waals surface area contributed by atoms with Gasteiger partial charge in [0.15, 0.2) is 5.67 Å². The minimum atomic E-state index is -1.85. The number of methoxy groups -OCH3 is 1. The predicted molar refractivity (Wildman–Crippen MR) is 129 cm³/mol. The molecule has 5 heterocycles. The third-order valence-corrected chi connectivity index (χ3v) is 7.89. The van der Waals surface area contributed by atoms with Crippen molar-refractivity contribution in [3.8, 4) is 11.3 Å². The Morgan fingerprint density at radius 1 is 1.15 bits per heavy atom. The second-order valence-electron chi connectivity index (χ2n) is 10.2. The van der Waals surface area contributed by atoms with E-state index < -0.39 is 11.6 Å². The molecular formula is C26H34FN5O2. The number of carbonyl (C=O) groups is 1. The molecule has 1 atom stereocenters. The van der Waals surface area contributed by atoms with E-state index in [-0.39, 0.29) is 18.4 Å². The fourth-order valence-electron chi connectivity index (χ4n) is 5.72. The van der Waals surface area contributed by atoms with Gasteiger partial charge in [-0.2, -0.15) is 0 Å². The van der Waals surface area contributed by atoms with E-state index in [1.807, 2.05) is 35.2 Å². The van der Waals surface area contributed by atoms with Crippen molar-refractivity contribution in [2.75, 3.05) is 44.7 Å². The molecule has 0 unspecified atom stereocenters. The van der Waals surface area contributed by atoms with Gasteiger partial charge in [0.05, 0.1) is 17.8 Å². The summed E-state index contributed by atoms with van der Waals surface area (Å²) in [5, 5.41) is 3.12. The van der Waals surface area contributed by atoms with Gasteiger partial charge in [0.25, 0.3) is 5.91 Å². The maximum absolute atomic E-state index is 15.8. The maximum atomic E-state index is 15.8. The number of rotatable bonds is 6. The van der Waals surface area contributed by atoms with Crippen LogP contribution in [0.2, 0.25) is 0 Å². The number of hydrogen-bond acceptors (Lipinski definition) is 6. The second-order valence-corrected chi connectivity index (χ2v) is 10.2. The molecule has 1 N–H and O–H groups in total. The number of alkyl halides is 1. The average molecular weight is 468 g/mol. The fraction of sp³-hybridized carbons (Fsp3) is 0.577. The van der Waals surface area contributed by atoms with Crippen molar-refractivity contribution in [3.05, 3.63) is 42.1 Å². The lowest BCUT2D eigenvalue weighted by molar-refractivity contribution is -0.139. The summed E-state index contributed by atoms with van der Waals surface area (Å²) in [6, 6.07) is 9.95. The maximum Gasteiger partial charge on any atom is 0.258 e. The Balaban J connectivity index is 1.22. The summed E-state index contributed by atoms with van der Waals surface area (Å²) in [6.07, 6.45) is 4.17. The highest BCUT2D eigenvalue weighted by Gasteiger charge is 2.49. The van der Waals surface area contributed by atoms with E-state index in [0.717, 1.165) is 49.3 Å². The number of nitrogens with zero attached hydrogens (tertiary/aromatic N) is 4. The number of carbonyl (C=O) groups excluding carboxylic acids is 1. The Labute approximate surface area is 200 Å². The van der Waals surface area contributed by atoms with Gasteiger partial charge in [-0.25, -0.2) is 14.4 Å². The zero-order valence-corrected chi connectivity index (χ0v) is 20.1. The van der Waals surface area contributed by atoms with E-state index >= 15 is 4.39 Å². The molecule has 1 amide bonds. The number of nitrogens with one attached hydrogen (secondary N) is 1. The van der Waals surface area contributed by atoms with Crippen molar-refractivity contribution in [1.82, 2.24) is 20.2 Å². The number of fused-ring (bicyclic) bond motifs is 3. The van der Waals surface area contributed by atoms with E-state index in [2.05, 4.69) is 22.1 Å². The van der Waals surface area contributed by atoms with Gasteiger partial charge in [-0.3, -0.25) is 4.79 Å². The average Bonchev–Trinajstić information content (AvgIpc) is 2.85. The van der Waals surface area contributed by atoms with E-state index in [1.54, 1.807) is 13.3 Å². The van der Waals surface area contributed by atoms with Crippen molar-refractivity contribution in [3.63, 3.8) is 0 Å². The van der Waals surface area contributed by atoms with Crippen LogP contribution in [-0.2, 0) is 16.1 Å². The van der Waals surface area contributed by atoms with Crippen molar-refractivity contribution in [2.24, 2.45) is 5.92 Å². The highest BCUT2D eigenvalue weighted by Crippen LogP contribution is 2.37. The Morgan fingerprint density at radius 3 is 2.47 bits per heavy atom. The molecule has 182 valence electrons. The Morgan fingerprint density at radius 2 is 1.85 bits per heavy atom. The molecule has 4 saturated heterocycles. The SMILES string of the molecule is COCc1ccc(-c2ccnc(N3CCC(F)(C(=O)N[C@]4(C)CN5CCC4CC5)CC3)n2)cc1. The van der Waals surface area contributed by atoms with Gasteiger partial charge in [0.2, 0.25) is 5.95 Å². The number of halogens is 1. The molecule has 0 aliphatic carbocycles. The summed E-state index contributed by atoms with van der Waals surface area (Å²) >= 11 is 0. The number of hydrogen-bond donors (Lipinski definition) is 1. The van der Waals surface area contributed by atoms with Gasteiger partial charge in [0.1, 0.15) is 0 Å². The van der Waals surface area contributed by atoms with Gasteiger partial charge in [0, 0.05) is 51.3 Å². The molecule has 1 aromatic heterocycles. The molecule has 4 aliphatic rings. The molecule has 0 radical (unpaired) electrons. The van der Waals surface area contributed by atoms with Crippen LogP contribution in [0, 0.1) is 5.92 Å². The van der Waals surface area contributed by atoms with Crippen LogP contribution in [0.4, 0.5) is 10.3 Å². The van der Waals surface area contributed by atoms with Crippen LogP contribution in [0.1, 0.15) is 38.2 Å².